The SMILES string of the molecule is CC1(C)CNCCC1(O)CC#N. The van der Waals surface area contributed by atoms with Crippen molar-refractivity contribution < 1.29 is 5.11 Å². The van der Waals surface area contributed by atoms with E-state index in [2.05, 4.69) is 11.4 Å². The van der Waals surface area contributed by atoms with Gasteiger partial charge in [0, 0.05) is 12.0 Å². The molecule has 0 radical (unpaired) electrons. The molecule has 0 aromatic carbocycles. The van der Waals surface area contributed by atoms with E-state index in [0.29, 0.717) is 6.42 Å². The summed E-state index contributed by atoms with van der Waals surface area (Å²) in [5.74, 6) is 0. The largest absolute Gasteiger partial charge is 0.388 e. The highest BCUT2D eigenvalue weighted by Gasteiger charge is 2.44. The molecule has 1 aliphatic heterocycles. The molecule has 0 amide bonds. The van der Waals surface area contributed by atoms with Crippen LogP contribution in [0.3, 0.4) is 0 Å². The van der Waals surface area contributed by atoms with Gasteiger partial charge in [0.05, 0.1) is 18.1 Å². The zero-order valence-electron chi connectivity index (χ0n) is 7.72. The monoisotopic (exact) mass is 168 g/mol. The van der Waals surface area contributed by atoms with Gasteiger partial charge in [0.2, 0.25) is 0 Å². The molecule has 1 atom stereocenters. The fraction of sp³-hybridized carbons (Fsp3) is 0.889. The lowest BCUT2D eigenvalue weighted by molar-refractivity contribution is -0.0836. The molecular weight excluding hydrogens is 152 g/mol. The smallest absolute Gasteiger partial charge is 0.0851 e. The molecule has 0 aliphatic carbocycles. The predicted octanol–water partition coefficient (Wildman–Crippen LogP) is 0.651. The second-order valence-electron chi connectivity index (χ2n) is 4.18. The van der Waals surface area contributed by atoms with Crippen molar-refractivity contribution in [1.82, 2.24) is 5.32 Å². The Hall–Kier alpha value is -0.590. The second-order valence-corrected chi connectivity index (χ2v) is 4.18. The summed E-state index contributed by atoms with van der Waals surface area (Å²) in [5, 5.41) is 21.9. The van der Waals surface area contributed by atoms with E-state index < -0.39 is 5.60 Å². The summed E-state index contributed by atoms with van der Waals surface area (Å²) in [5.41, 5.74) is -0.992. The number of piperidine rings is 1. The summed E-state index contributed by atoms with van der Waals surface area (Å²) >= 11 is 0. The highest BCUT2D eigenvalue weighted by Crippen LogP contribution is 2.37. The maximum atomic E-state index is 10.1. The Morgan fingerprint density at radius 1 is 1.58 bits per heavy atom. The van der Waals surface area contributed by atoms with E-state index in [4.69, 9.17) is 5.26 Å². The van der Waals surface area contributed by atoms with Crippen LogP contribution < -0.4 is 5.32 Å². The van der Waals surface area contributed by atoms with Crippen molar-refractivity contribution in [2.45, 2.75) is 32.3 Å². The van der Waals surface area contributed by atoms with Crippen molar-refractivity contribution in [3.8, 4) is 6.07 Å². The first kappa shape index (κ1) is 9.50. The van der Waals surface area contributed by atoms with E-state index in [1.54, 1.807) is 0 Å². The molecule has 1 fully saturated rings. The van der Waals surface area contributed by atoms with Gasteiger partial charge in [0.15, 0.2) is 0 Å². The van der Waals surface area contributed by atoms with E-state index in [-0.39, 0.29) is 11.8 Å². The number of aliphatic hydroxyl groups is 1. The second kappa shape index (κ2) is 3.04. The molecule has 1 unspecified atom stereocenters. The summed E-state index contributed by atoms with van der Waals surface area (Å²) < 4.78 is 0. The molecule has 3 nitrogen and oxygen atoms in total. The van der Waals surface area contributed by atoms with Crippen molar-refractivity contribution in [2.75, 3.05) is 13.1 Å². The van der Waals surface area contributed by atoms with Crippen LogP contribution >= 0.6 is 0 Å². The molecule has 2 N–H and O–H groups in total. The number of hydrogen-bond donors (Lipinski definition) is 2. The zero-order chi connectivity index (χ0) is 9.24. The quantitative estimate of drug-likeness (QED) is 0.604. The Morgan fingerprint density at radius 3 is 2.75 bits per heavy atom. The number of hydrogen-bond acceptors (Lipinski definition) is 3. The van der Waals surface area contributed by atoms with Gasteiger partial charge in [-0.05, 0) is 13.0 Å². The van der Waals surface area contributed by atoms with Crippen LogP contribution in [0.2, 0.25) is 0 Å². The summed E-state index contributed by atoms with van der Waals surface area (Å²) in [7, 11) is 0. The van der Waals surface area contributed by atoms with Crippen molar-refractivity contribution in [3.63, 3.8) is 0 Å². The Bertz CT molecular complexity index is 207. The zero-order valence-corrected chi connectivity index (χ0v) is 7.72. The first-order chi connectivity index (χ1) is 5.52. The molecule has 12 heavy (non-hydrogen) atoms. The molecule has 0 bridgehead atoms. The van der Waals surface area contributed by atoms with Crippen LogP contribution in [0.15, 0.2) is 0 Å². The van der Waals surface area contributed by atoms with Gasteiger partial charge in [0.25, 0.3) is 0 Å². The lowest BCUT2D eigenvalue weighted by atomic mass is 9.69. The Kier molecular flexibility index (Phi) is 2.41. The third kappa shape index (κ3) is 1.45. The first-order valence-corrected chi connectivity index (χ1v) is 4.32. The third-order valence-corrected chi connectivity index (χ3v) is 2.91. The average Bonchev–Trinajstić information content (AvgIpc) is 1.96. The Labute approximate surface area is 73.4 Å². The fourth-order valence-corrected chi connectivity index (χ4v) is 1.66. The molecule has 0 aromatic heterocycles. The van der Waals surface area contributed by atoms with Gasteiger partial charge in [-0.3, -0.25) is 0 Å². The maximum Gasteiger partial charge on any atom is 0.0851 e. The molecule has 1 heterocycles. The van der Waals surface area contributed by atoms with E-state index >= 15 is 0 Å². The number of rotatable bonds is 1. The fourth-order valence-electron chi connectivity index (χ4n) is 1.66. The number of nitrogens with zero attached hydrogens (tertiary/aromatic N) is 1. The van der Waals surface area contributed by atoms with Gasteiger partial charge in [0.1, 0.15) is 0 Å². The minimum atomic E-state index is -0.799. The highest BCUT2D eigenvalue weighted by atomic mass is 16.3. The standard InChI is InChI=1S/C9H16N2O/c1-8(2)7-11-6-4-9(8,12)3-5-10/h11-12H,3-4,6-7H2,1-2H3. The van der Waals surface area contributed by atoms with Crippen LogP contribution in [0.25, 0.3) is 0 Å². The predicted molar refractivity (Wildman–Crippen MR) is 46.4 cm³/mol. The van der Waals surface area contributed by atoms with Gasteiger partial charge in [-0.15, -0.1) is 0 Å². The van der Waals surface area contributed by atoms with Crippen LogP contribution in [0.5, 0.6) is 0 Å². The summed E-state index contributed by atoms with van der Waals surface area (Å²) in [6.45, 7) is 5.58. The van der Waals surface area contributed by atoms with Crippen molar-refractivity contribution in [2.24, 2.45) is 5.41 Å². The first-order valence-electron chi connectivity index (χ1n) is 4.32. The van der Waals surface area contributed by atoms with E-state index in [0.717, 1.165) is 13.1 Å². The maximum absolute atomic E-state index is 10.1. The van der Waals surface area contributed by atoms with Crippen LogP contribution in [-0.2, 0) is 0 Å². The van der Waals surface area contributed by atoms with Gasteiger partial charge in [-0.25, -0.2) is 0 Å². The van der Waals surface area contributed by atoms with Crippen LogP contribution in [0.4, 0.5) is 0 Å². The number of nitriles is 1. The van der Waals surface area contributed by atoms with Crippen LogP contribution in [0, 0.1) is 16.7 Å². The normalized spacial score (nSPS) is 34.2. The van der Waals surface area contributed by atoms with E-state index in [1.807, 2.05) is 13.8 Å². The summed E-state index contributed by atoms with van der Waals surface area (Å²) in [6, 6.07) is 2.06. The van der Waals surface area contributed by atoms with E-state index in [9.17, 15) is 5.11 Å². The van der Waals surface area contributed by atoms with Gasteiger partial charge < -0.3 is 10.4 Å². The van der Waals surface area contributed by atoms with Crippen molar-refractivity contribution >= 4 is 0 Å². The topological polar surface area (TPSA) is 56.0 Å². The molecule has 3 heteroatoms. The van der Waals surface area contributed by atoms with Crippen LogP contribution in [-0.4, -0.2) is 23.8 Å². The molecule has 68 valence electrons. The molecular formula is C9H16N2O. The minimum absolute atomic E-state index is 0.193. The molecule has 1 aliphatic rings. The minimum Gasteiger partial charge on any atom is -0.388 e. The van der Waals surface area contributed by atoms with E-state index in [1.165, 1.54) is 0 Å². The van der Waals surface area contributed by atoms with Gasteiger partial charge >= 0.3 is 0 Å². The molecule has 0 saturated carbocycles. The van der Waals surface area contributed by atoms with Gasteiger partial charge in [-0.1, -0.05) is 13.8 Å². The lowest BCUT2D eigenvalue weighted by Gasteiger charge is -2.45. The van der Waals surface area contributed by atoms with Crippen molar-refractivity contribution in [3.05, 3.63) is 0 Å². The van der Waals surface area contributed by atoms with Crippen LogP contribution in [0.1, 0.15) is 26.7 Å². The lowest BCUT2D eigenvalue weighted by Crippen LogP contribution is -2.55. The third-order valence-electron chi connectivity index (χ3n) is 2.91. The highest BCUT2D eigenvalue weighted by molar-refractivity contribution is 5.02. The molecule has 0 spiro atoms. The summed E-state index contributed by atoms with van der Waals surface area (Å²) in [4.78, 5) is 0. The Balaban J connectivity index is 2.78. The van der Waals surface area contributed by atoms with Crippen molar-refractivity contribution in [1.29, 1.82) is 5.26 Å². The van der Waals surface area contributed by atoms with Gasteiger partial charge in [-0.2, -0.15) is 5.26 Å². The molecule has 1 saturated heterocycles. The Morgan fingerprint density at radius 2 is 2.25 bits per heavy atom. The molecule has 0 aromatic rings. The summed E-state index contributed by atoms with van der Waals surface area (Å²) in [6.07, 6.45) is 0.912. The molecule has 1 rings (SSSR count). The average molecular weight is 168 g/mol. The number of nitrogens with one attached hydrogen (secondary N) is 1.